The Morgan fingerprint density at radius 2 is 1.32 bits per heavy atom. The predicted octanol–water partition coefficient (Wildman–Crippen LogP) is 1.63. The molecular weight excluding hydrogens is 238 g/mol. The fourth-order valence-electron chi connectivity index (χ4n) is 6.02. The number of β-amino-alcohol motifs (C(OH)–C–C–N with tert-alkyl or cyclic N) is 2. The number of hydrogen-bond donors (Lipinski definition) is 2. The molecule has 0 aromatic rings. The van der Waals surface area contributed by atoms with Crippen LogP contribution >= 0.6 is 0 Å². The molecule has 19 heavy (non-hydrogen) atoms. The number of hydrogen-bond acceptors (Lipinski definition) is 3. The molecule has 108 valence electrons. The lowest BCUT2D eigenvalue weighted by Gasteiger charge is -2.57. The first kappa shape index (κ1) is 12.6. The molecular formula is C16H27NO2. The average molecular weight is 265 g/mol. The number of aliphatic hydroxyl groups excluding tert-OH is 2. The average Bonchev–Trinajstić information content (AvgIpc) is 2.65. The van der Waals surface area contributed by atoms with Crippen LogP contribution in [0, 0.1) is 23.2 Å². The van der Waals surface area contributed by atoms with Crippen LogP contribution < -0.4 is 0 Å². The summed E-state index contributed by atoms with van der Waals surface area (Å²) in [6.45, 7) is 2.43. The van der Waals surface area contributed by atoms with E-state index in [2.05, 4.69) is 4.90 Å². The minimum Gasteiger partial charge on any atom is -0.389 e. The number of aliphatic hydroxyl groups is 2. The van der Waals surface area contributed by atoms with Crippen molar-refractivity contribution in [1.29, 1.82) is 0 Å². The smallest absolute Gasteiger partial charge is 0.0938 e. The van der Waals surface area contributed by atoms with Gasteiger partial charge in [0.2, 0.25) is 0 Å². The van der Waals surface area contributed by atoms with E-state index in [1.807, 2.05) is 0 Å². The molecule has 4 bridgehead atoms. The summed E-state index contributed by atoms with van der Waals surface area (Å²) in [5.74, 6) is 3.09. The van der Waals surface area contributed by atoms with Crippen molar-refractivity contribution >= 4 is 0 Å². The van der Waals surface area contributed by atoms with Gasteiger partial charge in [-0.25, -0.2) is 0 Å². The van der Waals surface area contributed by atoms with Crippen molar-refractivity contribution in [2.45, 2.75) is 57.2 Å². The van der Waals surface area contributed by atoms with Crippen LogP contribution in [-0.2, 0) is 0 Å². The largest absolute Gasteiger partial charge is 0.389 e. The highest BCUT2D eigenvalue weighted by molar-refractivity contribution is 5.01. The molecule has 2 atom stereocenters. The van der Waals surface area contributed by atoms with E-state index in [9.17, 15) is 10.2 Å². The second-order valence-corrected chi connectivity index (χ2v) is 8.06. The molecule has 1 aliphatic heterocycles. The van der Waals surface area contributed by atoms with Crippen molar-refractivity contribution in [2.24, 2.45) is 23.2 Å². The number of likely N-dealkylation sites (tertiary alicyclic amines) is 1. The molecule has 0 radical (unpaired) electrons. The van der Waals surface area contributed by atoms with Gasteiger partial charge >= 0.3 is 0 Å². The quantitative estimate of drug-likeness (QED) is 0.815. The van der Waals surface area contributed by atoms with Crippen molar-refractivity contribution in [3.05, 3.63) is 0 Å². The molecule has 2 unspecified atom stereocenters. The summed E-state index contributed by atoms with van der Waals surface area (Å²) in [6, 6.07) is 0. The lowest BCUT2D eigenvalue weighted by Crippen LogP contribution is -2.47. The Hall–Kier alpha value is -0.120. The van der Waals surface area contributed by atoms with Gasteiger partial charge in [-0.2, -0.15) is 0 Å². The molecule has 4 saturated carbocycles. The first-order valence-corrected chi connectivity index (χ1v) is 8.20. The molecule has 5 rings (SSSR count). The van der Waals surface area contributed by atoms with Crippen LogP contribution in [0.5, 0.6) is 0 Å². The molecule has 0 spiro atoms. The van der Waals surface area contributed by atoms with E-state index in [0.29, 0.717) is 18.5 Å². The standard InChI is InChI=1S/C16H27NO2/c18-14-9-17(10-15(14)19)2-1-16-6-11-3-12(7-16)5-13(4-11)8-16/h11-15,18-19H,1-10H2. The number of rotatable bonds is 3. The molecule has 0 amide bonds. The third kappa shape index (κ3) is 2.24. The maximum absolute atomic E-state index is 9.64. The van der Waals surface area contributed by atoms with Gasteiger partial charge in [0.25, 0.3) is 0 Å². The first-order chi connectivity index (χ1) is 9.12. The summed E-state index contributed by atoms with van der Waals surface area (Å²) in [4.78, 5) is 2.27. The second kappa shape index (κ2) is 4.44. The summed E-state index contributed by atoms with van der Waals surface area (Å²) in [5, 5.41) is 19.3. The van der Waals surface area contributed by atoms with Gasteiger partial charge < -0.3 is 10.2 Å². The summed E-state index contributed by atoms with van der Waals surface area (Å²) in [5.41, 5.74) is 0.632. The van der Waals surface area contributed by atoms with Crippen molar-refractivity contribution in [2.75, 3.05) is 19.6 Å². The van der Waals surface area contributed by atoms with Gasteiger partial charge in [0, 0.05) is 13.1 Å². The molecule has 3 heteroatoms. The van der Waals surface area contributed by atoms with Gasteiger partial charge in [-0.1, -0.05) is 0 Å². The van der Waals surface area contributed by atoms with E-state index in [0.717, 1.165) is 24.3 Å². The van der Waals surface area contributed by atoms with E-state index in [1.54, 1.807) is 0 Å². The highest BCUT2D eigenvalue weighted by atomic mass is 16.3. The Bertz CT molecular complexity index is 311. The minimum atomic E-state index is -0.517. The van der Waals surface area contributed by atoms with Crippen molar-refractivity contribution in [3.8, 4) is 0 Å². The van der Waals surface area contributed by atoms with E-state index in [1.165, 1.54) is 44.9 Å². The second-order valence-electron chi connectivity index (χ2n) is 8.06. The van der Waals surface area contributed by atoms with Crippen LogP contribution in [0.2, 0.25) is 0 Å². The first-order valence-electron chi connectivity index (χ1n) is 8.20. The predicted molar refractivity (Wildman–Crippen MR) is 73.7 cm³/mol. The Kier molecular flexibility index (Phi) is 2.95. The van der Waals surface area contributed by atoms with Gasteiger partial charge in [0.15, 0.2) is 0 Å². The van der Waals surface area contributed by atoms with Gasteiger partial charge in [0.1, 0.15) is 0 Å². The third-order valence-electron chi connectivity index (χ3n) is 6.46. The van der Waals surface area contributed by atoms with E-state index >= 15 is 0 Å². The Morgan fingerprint density at radius 3 is 1.79 bits per heavy atom. The summed E-state index contributed by atoms with van der Waals surface area (Å²) in [7, 11) is 0. The molecule has 4 aliphatic carbocycles. The van der Waals surface area contributed by atoms with E-state index in [4.69, 9.17) is 0 Å². The normalized spacial score (nSPS) is 53.1. The maximum atomic E-state index is 9.64. The highest BCUT2D eigenvalue weighted by Gasteiger charge is 2.50. The van der Waals surface area contributed by atoms with Crippen LogP contribution in [0.15, 0.2) is 0 Å². The maximum Gasteiger partial charge on any atom is 0.0938 e. The van der Waals surface area contributed by atoms with Gasteiger partial charge in [-0.3, -0.25) is 4.90 Å². The molecule has 3 nitrogen and oxygen atoms in total. The Balaban J connectivity index is 1.38. The van der Waals surface area contributed by atoms with Crippen LogP contribution in [0.3, 0.4) is 0 Å². The van der Waals surface area contributed by atoms with Crippen LogP contribution in [0.1, 0.15) is 44.9 Å². The van der Waals surface area contributed by atoms with Crippen molar-refractivity contribution < 1.29 is 10.2 Å². The molecule has 0 aromatic heterocycles. The Labute approximate surface area is 116 Å². The molecule has 5 fully saturated rings. The zero-order valence-corrected chi connectivity index (χ0v) is 11.8. The van der Waals surface area contributed by atoms with Crippen molar-refractivity contribution in [1.82, 2.24) is 4.90 Å². The van der Waals surface area contributed by atoms with Crippen LogP contribution in [-0.4, -0.2) is 47.0 Å². The monoisotopic (exact) mass is 265 g/mol. The van der Waals surface area contributed by atoms with E-state index < -0.39 is 12.2 Å². The van der Waals surface area contributed by atoms with Crippen LogP contribution in [0.25, 0.3) is 0 Å². The molecule has 1 saturated heterocycles. The SMILES string of the molecule is OC1CN(CCC23CC4CC(CC(C4)C2)C3)CC1O. The Morgan fingerprint density at radius 1 is 0.842 bits per heavy atom. The summed E-state index contributed by atoms with van der Waals surface area (Å²) in [6.07, 6.45) is 9.22. The lowest BCUT2D eigenvalue weighted by molar-refractivity contribution is -0.0606. The fourth-order valence-corrected chi connectivity index (χ4v) is 6.02. The topological polar surface area (TPSA) is 43.7 Å². The zero-order chi connectivity index (χ0) is 13.0. The fraction of sp³-hybridized carbons (Fsp3) is 1.00. The molecule has 0 aromatic carbocycles. The summed E-state index contributed by atoms with van der Waals surface area (Å²) >= 11 is 0. The van der Waals surface area contributed by atoms with Crippen LogP contribution in [0.4, 0.5) is 0 Å². The number of nitrogens with zero attached hydrogens (tertiary/aromatic N) is 1. The van der Waals surface area contributed by atoms with E-state index in [-0.39, 0.29) is 0 Å². The minimum absolute atomic E-state index is 0.517. The highest BCUT2D eigenvalue weighted by Crippen LogP contribution is 2.61. The van der Waals surface area contributed by atoms with Crippen molar-refractivity contribution in [3.63, 3.8) is 0 Å². The molecule has 1 heterocycles. The van der Waals surface area contributed by atoms with Gasteiger partial charge in [0.05, 0.1) is 12.2 Å². The molecule has 2 N–H and O–H groups in total. The summed E-state index contributed by atoms with van der Waals surface area (Å²) < 4.78 is 0. The lowest BCUT2D eigenvalue weighted by atomic mass is 9.49. The van der Waals surface area contributed by atoms with Gasteiger partial charge in [-0.05, 0) is 74.7 Å². The zero-order valence-electron chi connectivity index (χ0n) is 11.8. The third-order valence-corrected chi connectivity index (χ3v) is 6.46. The van der Waals surface area contributed by atoms with Gasteiger partial charge in [-0.15, -0.1) is 0 Å². The molecule has 5 aliphatic rings.